The third-order valence-corrected chi connectivity index (χ3v) is 3.83. The zero-order valence-corrected chi connectivity index (χ0v) is 11.2. The molecule has 0 saturated carbocycles. The van der Waals surface area contributed by atoms with E-state index in [0.29, 0.717) is 6.04 Å². The smallest absolute Gasteiger partial charge is 0.0388 e. The molecule has 1 aromatic rings. The maximum Gasteiger partial charge on any atom is 0.0388 e. The molecular formula is C11H16BrNS. The summed E-state index contributed by atoms with van der Waals surface area (Å²) in [5.74, 6) is 0. The largest absolute Gasteiger partial charge is 0.306 e. The average Bonchev–Trinajstić information content (AvgIpc) is 2.51. The van der Waals surface area contributed by atoms with Crippen molar-refractivity contribution >= 4 is 27.3 Å². The first-order valence-corrected chi connectivity index (χ1v) is 6.37. The first kappa shape index (κ1) is 12.0. The second-order valence-corrected chi connectivity index (χ2v) is 5.44. The number of nitrogens with one attached hydrogen (secondary N) is 1. The van der Waals surface area contributed by atoms with Gasteiger partial charge in [0.05, 0.1) is 0 Å². The van der Waals surface area contributed by atoms with Gasteiger partial charge in [-0.1, -0.05) is 11.6 Å². The van der Waals surface area contributed by atoms with E-state index in [1.165, 1.54) is 14.9 Å². The zero-order valence-electron chi connectivity index (χ0n) is 8.80. The van der Waals surface area contributed by atoms with E-state index in [9.17, 15) is 0 Å². The van der Waals surface area contributed by atoms with E-state index in [2.05, 4.69) is 59.5 Å². The van der Waals surface area contributed by atoms with Crippen LogP contribution in [-0.4, -0.2) is 6.54 Å². The Balaban J connectivity index is 2.43. The Hall–Kier alpha value is -0.120. The van der Waals surface area contributed by atoms with Crippen molar-refractivity contribution in [2.45, 2.75) is 26.8 Å². The van der Waals surface area contributed by atoms with E-state index in [0.717, 1.165) is 6.54 Å². The van der Waals surface area contributed by atoms with Crippen LogP contribution in [0.3, 0.4) is 0 Å². The van der Waals surface area contributed by atoms with Crippen LogP contribution in [0.1, 0.15) is 31.7 Å². The van der Waals surface area contributed by atoms with Crippen LogP contribution in [0.25, 0.3) is 0 Å². The van der Waals surface area contributed by atoms with Crippen LogP contribution in [0.15, 0.2) is 27.6 Å². The molecular weight excluding hydrogens is 258 g/mol. The number of hydrogen-bond acceptors (Lipinski definition) is 2. The third kappa shape index (κ3) is 3.95. The first-order chi connectivity index (χ1) is 6.59. The van der Waals surface area contributed by atoms with Crippen LogP contribution >= 0.6 is 27.3 Å². The predicted molar refractivity (Wildman–Crippen MR) is 67.9 cm³/mol. The minimum absolute atomic E-state index is 0.432. The number of rotatable bonds is 4. The summed E-state index contributed by atoms with van der Waals surface area (Å²) in [6, 6.07) is 2.60. The zero-order chi connectivity index (χ0) is 10.6. The summed E-state index contributed by atoms with van der Waals surface area (Å²) >= 11 is 5.25. The van der Waals surface area contributed by atoms with Gasteiger partial charge in [0, 0.05) is 27.3 Å². The molecule has 1 unspecified atom stereocenters. The van der Waals surface area contributed by atoms with Gasteiger partial charge in [-0.3, -0.25) is 0 Å². The highest BCUT2D eigenvalue weighted by atomic mass is 79.9. The Bertz CT molecular complexity index is 313. The van der Waals surface area contributed by atoms with E-state index >= 15 is 0 Å². The number of thiophene rings is 1. The quantitative estimate of drug-likeness (QED) is 0.814. The van der Waals surface area contributed by atoms with Gasteiger partial charge < -0.3 is 5.32 Å². The second kappa shape index (κ2) is 5.69. The molecule has 14 heavy (non-hydrogen) atoms. The molecule has 1 heterocycles. The number of halogens is 1. The fourth-order valence-corrected chi connectivity index (χ4v) is 2.57. The van der Waals surface area contributed by atoms with E-state index in [1.54, 1.807) is 11.3 Å². The van der Waals surface area contributed by atoms with Crippen LogP contribution in [0.5, 0.6) is 0 Å². The molecule has 78 valence electrons. The van der Waals surface area contributed by atoms with Crippen LogP contribution in [0, 0.1) is 0 Å². The summed E-state index contributed by atoms with van der Waals surface area (Å²) in [7, 11) is 0. The summed E-state index contributed by atoms with van der Waals surface area (Å²) in [4.78, 5) is 1.37. The van der Waals surface area contributed by atoms with Crippen molar-refractivity contribution in [1.82, 2.24) is 5.32 Å². The fourth-order valence-electron chi connectivity index (χ4n) is 1.10. The molecule has 0 amide bonds. The molecule has 1 aromatic heterocycles. The fraction of sp³-hybridized carbons (Fsp3) is 0.455. The standard InChI is InChI=1S/C11H16BrNS/c1-8(2)4-5-13-9(3)11-6-10(12)7-14-11/h4,6-7,9,13H,5H2,1-3H3. The van der Waals surface area contributed by atoms with Gasteiger partial charge in [0.15, 0.2) is 0 Å². The van der Waals surface area contributed by atoms with Crippen LogP contribution in [-0.2, 0) is 0 Å². The lowest BCUT2D eigenvalue weighted by molar-refractivity contribution is 0.626. The minimum Gasteiger partial charge on any atom is -0.306 e. The van der Waals surface area contributed by atoms with Crippen molar-refractivity contribution in [2.75, 3.05) is 6.54 Å². The Labute approximate surface area is 98.4 Å². The van der Waals surface area contributed by atoms with Gasteiger partial charge in [-0.25, -0.2) is 0 Å². The summed E-state index contributed by atoms with van der Waals surface area (Å²) in [6.07, 6.45) is 2.21. The molecule has 1 atom stereocenters. The van der Waals surface area contributed by atoms with Gasteiger partial charge in [-0.05, 0) is 42.8 Å². The highest BCUT2D eigenvalue weighted by molar-refractivity contribution is 9.10. The van der Waals surface area contributed by atoms with Crippen molar-refractivity contribution in [1.29, 1.82) is 0 Å². The maximum atomic E-state index is 3.46. The molecule has 0 spiro atoms. The Morgan fingerprint density at radius 2 is 2.36 bits per heavy atom. The Morgan fingerprint density at radius 1 is 1.64 bits per heavy atom. The second-order valence-electron chi connectivity index (χ2n) is 3.58. The van der Waals surface area contributed by atoms with E-state index < -0.39 is 0 Å². The Kier molecular flexibility index (Phi) is 4.85. The third-order valence-electron chi connectivity index (χ3n) is 1.95. The van der Waals surface area contributed by atoms with Crippen LogP contribution in [0.2, 0.25) is 0 Å². The Morgan fingerprint density at radius 3 is 2.86 bits per heavy atom. The normalized spacial score (nSPS) is 12.6. The highest BCUT2D eigenvalue weighted by Gasteiger charge is 2.05. The van der Waals surface area contributed by atoms with E-state index in [-0.39, 0.29) is 0 Å². The van der Waals surface area contributed by atoms with Gasteiger partial charge in [0.25, 0.3) is 0 Å². The lowest BCUT2D eigenvalue weighted by Gasteiger charge is -2.09. The summed E-state index contributed by atoms with van der Waals surface area (Å²) in [6.45, 7) is 7.37. The first-order valence-electron chi connectivity index (χ1n) is 4.70. The molecule has 0 radical (unpaired) electrons. The number of hydrogen-bond donors (Lipinski definition) is 1. The molecule has 0 aromatic carbocycles. The van der Waals surface area contributed by atoms with Crippen LogP contribution in [0.4, 0.5) is 0 Å². The molecule has 0 aliphatic rings. The topological polar surface area (TPSA) is 12.0 Å². The van der Waals surface area contributed by atoms with Crippen molar-refractivity contribution < 1.29 is 0 Å². The molecule has 0 fully saturated rings. The molecule has 3 heteroatoms. The SMILES string of the molecule is CC(C)=CCNC(C)c1cc(Br)cs1. The molecule has 0 aliphatic carbocycles. The van der Waals surface area contributed by atoms with Gasteiger partial charge in [0.2, 0.25) is 0 Å². The molecule has 1 nitrogen and oxygen atoms in total. The summed E-state index contributed by atoms with van der Waals surface area (Å²) < 4.78 is 1.17. The monoisotopic (exact) mass is 273 g/mol. The van der Waals surface area contributed by atoms with Crippen molar-refractivity contribution in [3.8, 4) is 0 Å². The van der Waals surface area contributed by atoms with Gasteiger partial charge in [-0.2, -0.15) is 0 Å². The molecule has 1 N–H and O–H groups in total. The highest BCUT2D eigenvalue weighted by Crippen LogP contribution is 2.25. The van der Waals surface area contributed by atoms with Gasteiger partial charge in [0.1, 0.15) is 0 Å². The van der Waals surface area contributed by atoms with Crippen molar-refractivity contribution in [3.63, 3.8) is 0 Å². The van der Waals surface area contributed by atoms with Crippen molar-refractivity contribution in [2.24, 2.45) is 0 Å². The van der Waals surface area contributed by atoms with Crippen LogP contribution < -0.4 is 5.32 Å². The lowest BCUT2D eigenvalue weighted by Crippen LogP contribution is -2.17. The van der Waals surface area contributed by atoms with Gasteiger partial charge >= 0.3 is 0 Å². The maximum absolute atomic E-state index is 3.46. The molecule has 0 saturated heterocycles. The summed E-state index contributed by atoms with van der Waals surface area (Å²) in [5.41, 5.74) is 1.36. The molecule has 0 bridgehead atoms. The minimum atomic E-state index is 0.432. The number of allylic oxidation sites excluding steroid dienone is 1. The van der Waals surface area contributed by atoms with E-state index in [1.807, 2.05) is 0 Å². The average molecular weight is 274 g/mol. The van der Waals surface area contributed by atoms with Crippen molar-refractivity contribution in [3.05, 3.63) is 32.4 Å². The predicted octanol–water partition coefficient (Wildman–Crippen LogP) is 4.13. The van der Waals surface area contributed by atoms with E-state index in [4.69, 9.17) is 0 Å². The lowest BCUT2D eigenvalue weighted by atomic mass is 10.2. The van der Waals surface area contributed by atoms with Gasteiger partial charge in [-0.15, -0.1) is 11.3 Å². The molecule has 1 rings (SSSR count). The molecule has 0 aliphatic heterocycles. The summed E-state index contributed by atoms with van der Waals surface area (Å²) in [5, 5.41) is 5.58.